The van der Waals surface area contributed by atoms with Crippen LogP contribution in [-0.2, 0) is 25.7 Å². The van der Waals surface area contributed by atoms with Gasteiger partial charge in [-0.25, -0.2) is 0 Å². The first-order chi connectivity index (χ1) is 13.7. The monoisotopic (exact) mass is 360 g/mol. The Morgan fingerprint density at radius 2 is 0.893 bits per heavy atom. The van der Waals surface area contributed by atoms with Crippen molar-refractivity contribution in [3.63, 3.8) is 0 Å². The molecule has 0 bridgehead atoms. The normalized spacial score (nSPS) is 14.2. The predicted octanol–water partition coefficient (Wildman–Crippen LogP) is 6.99. The van der Waals surface area contributed by atoms with Crippen molar-refractivity contribution in [1.29, 1.82) is 0 Å². The van der Waals surface area contributed by atoms with E-state index < -0.39 is 0 Å². The molecule has 0 nitrogen and oxygen atoms in total. The molecule has 2 aliphatic carbocycles. The van der Waals surface area contributed by atoms with Crippen molar-refractivity contribution in [2.24, 2.45) is 0 Å². The third-order valence-corrected chi connectivity index (χ3v) is 6.72. The highest BCUT2D eigenvalue weighted by atomic mass is 14.2. The van der Waals surface area contributed by atoms with E-state index in [0.29, 0.717) is 0 Å². The van der Waals surface area contributed by atoms with Gasteiger partial charge in [-0.2, -0.15) is 0 Å². The number of rotatable bonds is 2. The fourth-order valence-electron chi connectivity index (χ4n) is 4.95. The van der Waals surface area contributed by atoms with E-state index in [1.807, 2.05) is 0 Å². The molecule has 0 heterocycles. The Balaban J connectivity index is 1.63. The average Bonchev–Trinajstić information content (AvgIpc) is 2.63. The number of hydrogen-bond acceptors (Lipinski definition) is 0. The van der Waals surface area contributed by atoms with Crippen molar-refractivity contribution < 1.29 is 0 Å². The van der Waals surface area contributed by atoms with Crippen LogP contribution in [0.5, 0.6) is 0 Å². The van der Waals surface area contributed by atoms with Crippen LogP contribution in [0.4, 0.5) is 0 Å². The van der Waals surface area contributed by atoms with Gasteiger partial charge in [0.05, 0.1) is 0 Å². The van der Waals surface area contributed by atoms with Gasteiger partial charge in [-0.15, -0.1) is 0 Å². The summed E-state index contributed by atoms with van der Waals surface area (Å²) in [5.74, 6) is 0. The number of aryl methyl sites for hydroxylation is 6. The maximum Gasteiger partial charge on any atom is -0.00963 e. The summed E-state index contributed by atoms with van der Waals surface area (Å²) in [6.45, 7) is 4.46. The lowest BCUT2D eigenvalue weighted by Gasteiger charge is -2.22. The van der Waals surface area contributed by atoms with E-state index in [1.165, 1.54) is 92.1 Å². The van der Waals surface area contributed by atoms with E-state index in [4.69, 9.17) is 0 Å². The summed E-state index contributed by atoms with van der Waals surface area (Å²) in [5.41, 5.74) is 14.3. The van der Waals surface area contributed by atoms with Gasteiger partial charge in [-0.1, -0.05) is 60.7 Å². The summed E-state index contributed by atoms with van der Waals surface area (Å²) in [6, 6.07) is 23.6. The smallest absolute Gasteiger partial charge is 0.00963 e. The molecule has 28 heavy (non-hydrogen) atoms. The largest absolute Gasteiger partial charge is 0.0581 e. The highest BCUT2D eigenvalue weighted by molar-refractivity contribution is 6.05. The van der Waals surface area contributed by atoms with Gasteiger partial charge in [0.2, 0.25) is 0 Å². The molecule has 4 aromatic carbocycles. The molecule has 0 aliphatic heterocycles. The lowest BCUT2D eigenvalue weighted by Crippen LogP contribution is -2.07. The molecule has 0 saturated carbocycles. The molecular weight excluding hydrogens is 336 g/mol. The zero-order valence-corrected chi connectivity index (χ0v) is 16.6. The minimum Gasteiger partial charge on any atom is -0.0581 e. The van der Waals surface area contributed by atoms with Crippen molar-refractivity contribution in [2.45, 2.75) is 39.5 Å². The first kappa shape index (κ1) is 16.1. The van der Waals surface area contributed by atoms with E-state index in [-0.39, 0.29) is 0 Å². The second-order valence-corrected chi connectivity index (χ2v) is 8.69. The summed E-state index contributed by atoms with van der Waals surface area (Å²) < 4.78 is 0. The molecule has 2 aliphatic rings. The van der Waals surface area contributed by atoms with Crippen LogP contribution in [0.1, 0.15) is 33.4 Å². The molecule has 4 aromatic rings. The van der Waals surface area contributed by atoms with Crippen LogP contribution in [0, 0.1) is 13.8 Å². The van der Waals surface area contributed by atoms with Crippen LogP contribution >= 0.6 is 0 Å². The van der Waals surface area contributed by atoms with Gasteiger partial charge in [-0.05, 0) is 106 Å². The van der Waals surface area contributed by atoms with Gasteiger partial charge in [-0.3, -0.25) is 0 Å². The molecule has 0 fully saturated rings. The van der Waals surface area contributed by atoms with Gasteiger partial charge in [0.25, 0.3) is 0 Å². The first-order valence-electron chi connectivity index (χ1n) is 10.4. The fourth-order valence-corrected chi connectivity index (χ4v) is 4.95. The lowest BCUT2D eigenvalue weighted by molar-refractivity contribution is 0.840. The van der Waals surface area contributed by atoms with Crippen LogP contribution in [0.3, 0.4) is 0 Å². The van der Waals surface area contributed by atoms with Crippen molar-refractivity contribution in [3.8, 4) is 22.3 Å². The third kappa shape index (κ3) is 2.37. The Bertz CT molecular complexity index is 1170. The van der Waals surface area contributed by atoms with Gasteiger partial charge >= 0.3 is 0 Å². The van der Waals surface area contributed by atoms with E-state index >= 15 is 0 Å². The van der Waals surface area contributed by atoms with E-state index in [2.05, 4.69) is 74.5 Å². The Morgan fingerprint density at radius 1 is 0.464 bits per heavy atom. The molecule has 0 N–H and O–H groups in total. The van der Waals surface area contributed by atoms with Crippen LogP contribution < -0.4 is 0 Å². The molecule has 0 saturated heterocycles. The molecular formula is C28H24. The minimum atomic E-state index is 1.23. The van der Waals surface area contributed by atoms with Gasteiger partial charge < -0.3 is 0 Å². The van der Waals surface area contributed by atoms with E-state index in [9.17, 15) is 0 Å². The van der Waals surface area contributed by atoms with Crippen LogP contribution in [0.15, 0.2) is 60.7 Å². The predicted molar refractivity (Wildman–Crippen MR) is 119 cm³/mol. The second kappa shape index (κ2) is 5.82. The number of hydrogen-bond donors (Lipinski definition) is 0. The average molecular weight is 361 g/mol. The molecule has 0 spiro atoms. The van der Waals surface area contributed by atoms with Crippen LogP contribution in [0.25, 0.3) is 33.0 Å². The standard InChI is InChI=1S/C28H24/c1-17-11-25(23-9-5-19-3-7-21(19)15-23)28-14-18(2)12-26(27(28)13-17)24-10-6-20-4-8-22(20)16-24/h5-6,9-16H,3-4,7-8H2,1-2H3. The van der Waals surface area contributed by atoms with Gasteiger partial charge in [0, 0.05) is 0 Å². The van der Waals surface area contributed by atoms with E-state index in [0.717, 1.165) is 0 Å². The Morgan fingerprint density at radius 3 is 1.25 bits per heavy atom. The zero-order valence-electron chi connectivity index (χ0n) is 16.6. The molecule has 136 valence electrons. The summed E-state index contributed by atoms with van der Waals surface area (Å²) in [6.07, 6.45) is 4.94. The Kier molecular flexibility index (Phi) is 3.35. The summed E-state index contributed by atoms with van der Waals surface area (Å²) in [7, 11) is 0. The maximum atomic E-state index is 2.42. The van der Waals surface area contributed by atoms with Crippen LogP contribution in [-0.4, -0.2) is 0 Å². The maximum absolute atomic E-state index is 2.42. The number of fused-ring (bicyclic) bond motifs is 3. The molecule has 6 rings (SSSR count). The highest BCUT2D eigenvalue weighted by Crippen LogP contribution is 2.39. The van der Waals surface area contributed by atoms with Gasteiger partial charge in [0.15, 0.2) is 0 Å². The fraction of sp³-hybridized carbons (Fsp3) is 0.214. The third-order valence-electron chi connectivity index (χ3n) is 6.72. The molecule has 0 heteroatoms. The summed E-state index contributed by atoms with van der Waals surface area (Å²) >= 11 is 0. The lowest BCUT2D eigenvalue weighted by atomic mass is 9.83. The van der Waals surface area contributed by atoms with Crippen molar-refractivity contribution in [3.05, 3.63) is 94.0 Å². The first-order valence-corrected chi connectivity index (χ1v) is 10.4. The van der Waals surface area contributed by atoms with Gasteiger partial charge in [0.1, 0.15) is 0 Å². The minimum absolute atomic E-state index is 1.23. The van der Waals surface area contributed by atoms with Crippen molar-refractivity contribution >= 4 is 10.8 Å². The molecule has 0 atom stereocenters. The highest BCUT2D eigenvalue weighted by Gasteiger charge is 2.17. The van der Waals surface area contributed by atoms with Crippen molar-refractivity contribution in [1.82, 2.24) is 0 Å². The Labute approximate surface area is 166 Å². The van der Waals surface area contributed by atoms with Crippen LogP contribution in [0.2, 0.25) is 0 Å². The molecule has 0 radical (unpaired) electrons. The SMILES string of the molecule is Cc1cc(-c2ccc3c(c2)CC3)c2cc(C)cc(-c3ccc4c(c3)CC4)c2c1. The quantitative estimate of drug-likeness (QED) is 0.361. The van der Waals surface area contributed by atoms with Crippen molar-refractivity contribution in [2.75, 3.05) is 0 Å². The molecule has 0 aromatic heterocycles. The molecule has 0 amide bonds. The topological polar surface area (TPSA) is 0 Å². The van der Waals surface area contributed by atoms with E-state index in [1.54, 1.807) is 0 Å². The second-order valence-electron chi connectivity index (χ2n) is 8.69. The Hall–Kier alpha value is -2.86. The zero-order chi connectivity index (χ0) is 18.8. The number of benzene rings is 4. The summed E-state index contributed by atoms with van der Waals surface area (Å²) in [4.78, 5) is 0. The molecule has 0 unspecified atom stereocenters. The summed E-state index contributed by atoms with van der Waals surface area (Å²) in [5, 5.41) is 2.75.